The van der Waals surface area contributed by atoms with Crippen LogP contribution >= 0.6 is 0 Å². The first kappa shape index (κ1) is 19.9. The van der Waals surface area contributed by atoms with Crippen LogP contribution < -0.4 is 16.0 Å². The molecule has 3 amide bonds. The summed E-state index contributed by atoms with van der Waals surface area (Å²) in [5.74, 6) is -0.774. The number of nitrogens with zero attached hydrogens (tertiary/aromatic N) is 1. The number of benzene rings is 2. The number of nitrogens with one attached hydrogen (secondary N) is 3. The lowest BCUT2D eigenvalue weighted by Crippen LogP contribution is -2.52. The van der Waals surface area contributed by atoms with Gasteiger partial charge in [0.05, 0.1) is 0 Å². The van der Waals surface area contributed by atoms with Crippen molar-refractivity contribution < 1.29 is 14.4 Å². The number of imide groups is 1. The molecular formula is C24H26N4O3. The van der Waals surface area contributed by atoms with Crippen molar-refractivity contribution in [2.75, 3.05) is 6.54 Å². The Bertz CT molecular complexity index is 1020. The second kappa shape index (κ2) is 8.24. The third-order valence-corrected chi connectivity index (χ3v) is 6.61. The molecule has 160 valence electrons. The van der Waals surface area contributed by atoms with Crippen molar-refractivity contribution in [1.82, 2.24) is 20.9 Å². The summed E-state index contributed by atoms with van der Waals surface area (Å²) >= 11 is 0. The molecule has 7 nitrogen and oxygen atoms in total. The fraction of sp³-hybridized carbons (Fsp3) is 0.375. The van der Waals surface area contributed by atoms with Crippen LogP contribution in [-0.2, 0) is 22.7 Å². The van der Waals surface area contributed by atoms with E-state index >= 15 is 0 Å². The molecule has 3 N–H and O–H groups in total. The molecule has 31 heavy (non-hydrogen) atoms. The zero-order valence-corrected chi connectivity index (χ0v) is 17.3. The largest absolute Gasteiger partial charge is 0.322 e. The lowest BCUT2D eigenvalue weighted by molar-refractivity contribution is -0.136. The van der Waals surface area contributed by atoms with Gasteiger partial charge in [-0.1, -0.05) is 42.5 Å². The van der Waals surface area contributed by atoms with Crippen molar-refractivity contribution >= 4 is 17.7 Å². The van der Waals surface area contributed by atoms with E-state index < -0.39 is 6.04 Å². The molecule has 3 aliphatic rings. The summed E-state index contributed by atoms with van der Waals surface area (Å²) in [5, 5.41) is 9.62. The van der Waals surface area contributed by atoms with Gasteiger partial charge in [-0.15, -0.1) is 0 Å². The van der Waals surface area contributed by atoms with Crippen LogP contribution in [-0.4, -0.2) is 41.2 Å². The van der Waals surface area contributed by atoms with Crippen molar-refractivity contribution in [3.8, 4) is 0 Å². The molecule has 0 spiro atoms. The second-order valence-electron chi connectivity index (χ2n) is 8.46. The van der Waals surface area contributed by atoms with Crippen LogP contribution in [0.15, 0.2) is 48.5 Å². The SMILES string of the molecule is O=C1CCC(N2Cc3c(CNC4CCNC4c4ccccc4)cccc3C2=O)C(=O)N1. The number of piperidine rings is 1. The highest BCUT2D eigenvalue weighted by atomic mass is 16.2. The van der Waals surface area contributed by atoms with E-state index in [2.05, 4.69) is 40.2 Å². The number of carbonyl (C=O) groups excluding carboxylic acids is 3. The van der Waals surface area contributed by atoms with Gasteiger partial charge in [0, 0.05) is 37.2 Å². The van der Waals surface area contributed by atoms with Gasteiger partial charge < -0.3 is 15.5 Å². The molecule has 0 saturated carbocycles. The molecule has 3 unspecified atom stereocenters. The van der Waals surface area contributed by atoms with Crippen LogP contribution in [0.2, 0.25) is 0 Å². The monoisotopic (exact) mass is 418 g/mol. The minimum absolute atomic E-state index is 0.129. The van der Waals surface area contributed by atoms with Crippen LogP contribution in [0.5, 0.6) is 0 Å². The van der Waals surface area contributed by atoms with Crippen molar-refractivity contribution in [3.05, 3.63) is 70.8 Å². The first-order valence-electron chi connectivity index (χ1n) is 10.9. The summed E-state index contributed by atoms with van der Waals surface area (Å²) in [4.78, 5) is 38.4. The normalized spacial score (nSPS) is 25.6. The summed E-state index contributed by atoms with van der Waals surface area (Å²) in [6, 6.07) is 16.2. The standard InChI is InChI=1S/C24H26N4O3/c29-21-10-9-20(23(30)27-21)28-14-18-16(7-4-8-17(18)24(28)31)13-26-19-11-12-25-22(19)15-5-2-1-3-6-15/h1-8,19-20,22,25-26H,9-14H2,(H,27,29,30). The third-order valence-electron chi connectivity index (χ3n) is 6.61. The smallest absolute Gasteiger partial charge is 0.255 e. The zero-order chi connectivity index (χ0) is 21.4. The number of fused-ring (bicyclic) bond motifs is 1. The summed E-state index contributed by atoms with van der Waals surface area (Å²) in [6.45, 7) is 2.03. The quantitative estimate of drug-likeness (QED) is 0.643. The Morgan fingerprint density at radius 1 is 1.00 bits per heavy atom. The van der Waals surface area contributed by atoms with E-state index in [1.54, 1.807) is 4.90 Å². The van der Waals surface area contributed by atoms with E-state index in [-0.39, 0.29) is 30.2 Å². The number of hydrogen-bond donors (Lipinski definition) is 3. The van der Waals surface area contributed by atoms with Crippen molar-refractivity contribution in [3.63, 3.8) is 0 Å². The van der Waals surface area contributed by atoms with Crippen molar-refractivity contribution in [1.29, 1.82) is 0 Å². The summed E-state index contributed by atoms with van der Waals surface area (Å²) < 4.78 is 0. The Morgan fingerprint density at radius 3 is 2.65 bits per heavy atom. The maximum Gasteiger partial charge on any atom is 0.255 e. The molecule has 2 aromatic rings. The number of rotatable bonds is 5. The van der Waals surface area contributed by atoms with E-state index in [0.29, 0.717) is 31.1 Å². The van der Waals surface area contributed by atoms with Gasteiger partial charge in [0.1, 0.15) is 6.04 Å². The van der Waals surface area contributed by atoms with E-state index in [1.807, 2.05) is 24.3 Å². The molecule has 3 heterocycles. The van der Waals surface area contributed by atoms with Gasteiger partial charge in [-0.05, 0) is 42.1 Å². The van der Waals surface area contributed by atoms with Crippen LogP contribution in [0.3, 0.4) is 0 Å². The molecule has 2 fully saturated rings. The van der Waals surface area contributed by atoms with Gasteiger partial charge in [-0.3, -0.25) is 19.7 Å². The number of hydrogen-bond acceptors (Lipinski definition) is 5. The zero-order valence-electron chi connectivity index (χ0n) is 17.3. The topological polar surface area (TPSA) is 90.5 Å². The molecular weight excluding hydrogens is 392 g/mol. The second-order valence-corrected chi connectivity index (χ2v) is 8.46. The van der Waals surface area contributed by atoms with E-state index in [0.717, 1.165) is 24.1 Å². The summed E-state index contributed by atoms with van der Waals surface area (Å²) in [5.41, 5.74) is 3.99. The Hall–Kier alpha value is -3.03. The lowest BCUT2D eigenvalue weighted by atomic mass is 9.99. The highest BCUT2D eigenvalue weighted by Gasteiger charge is 2.39. The maximum absolute atomic E-state index is 13.0. The first-order valence-corrected chi connectivity index (χ1v) is 10.9. The van der Waals surface area contributed by atoms with Gasteiger partial charge >= 0.3 is 0 Å². The summed E-state index contributed by atoms with van der Waals surface area (Å²) in [7, 11) is 0. The predicted octanol–water partition coefficient (Wildman–Crippen LogP) is 1.64. The summed E-state index contributed by atoms with van der Waals surface area (Å²) in [6.07, 6.45) is 1.68. The first-order chi connectivity index (χ1) is 15.1. The highest BCUT2D eigenvalue weighted by Crippen LogP contribution is 2.30. The lowest BCUT2D eigenvalue weighted by Gasteiger charge is -2.29. The molecule has 0 aliphatic carbocycles. The molecule has 5 rings (SSSR count). The average Bonchev–Trinajstić information content (AvgIpc) is 3.38. The van der Waals surface area contributed by atoms with Gasteiger partial charge in [-0.2, -0.15) is 0 Å². The fourth-order valence-electron chi connectivity index (χ4n) is 4.99. The van der Waals surface area contributed by atoms with Gasteiger partial charge in [-0.25, -0.2) is 0 Å². The van der Waals surface area contributed by atoms with Crippen molar-refractivity contribution in [2.24, 2.45) is 0 Å². The van der Waals surface area contributed by atoms with Crippen LogP contribution in [0, 0.1) is 0 Å². The fourth-order valence-corrected chi connectivity index (χ4v) is 4.99. The van der Waals surface area contributed by atoms with Gasteiger partial charge in [0.25, 0.3) is 5.91 Å². The van der Waals surface area contributed by atoms with E-state index in [4.69, 9.17) is 0 Å². The molecule has 7 heteroatoms. The highest BCUT2D eigenvalue weighted by molar-refractivity contribution is 6.05. The Kier molecular flexibility index (Phi) is 5.29. The van der Waals surface area contributed by atoms with E-state index in [1.165, 1.54) is 5.56 Å². The van der Waals surface area contributed by atoms with Crippen LogP contribution in [0.25, 0.3) is 0 Å². The molecule has 2 aromatic carbocycles. The molecule has 3 aliphatic heterocycles. The molecule has 3 atom stereocenters. The Labute approximate surface area is 181 Å². The van der Waals surface area contributed by atoms with E-state index in [9.17, 15) is 14.4 Å². The number of amides is 3. The van der Waals surface area contributed by atoms with Gasteiger partial charge in [0.2, 0.25) is 11.8 Å². The van der Waals surface area contributed by atoms with Crippen LogP contribution in [0.1, 0.15) is 52.4 Å². The molecule has 0 aromatic heterocycles. The average molecular weight is 418 g/mol. The Balaban J connectivity index is 1.31. The minimum Gasteiger partial charge on any atom is -0.322 e. The number of carbonyl (C=O) groups is 3. The maximum atomic E-state index is 13.0. The molecule has 2 saturated heterocycles. The molecule has 0 radical (unpaired) electrons. The predicted molar refractivity (Wildman–Crippen MR) is 115 cm³/mol. The third kappa shape index (κ3) is 3.75. The Morgan fingerprint density at radius 2 is 1.84 bits per heavy atom. The molecule has 0 bridgehead atoms. The van der Waals surface area contributed by atoms with Crippen molar-refractivity contribution in [2.45, 2.75) is 50.5 Å². The van der Waals surface area contributed by atoms with Crippen LogP contribution in [0.4, 0.5) is 0 Å². The minimum atomic E-state index is -0.583. The van der Waals surface area contributed by atoms with Gasteiger partial charge in [0.15, 0.2) is 0 Å².